The maximum Gasteiger partial charge on any atom is 0.264 e. The molecule has 1 aliphatic heterocycles. The number of benzene rings is 2. The quantitative estimate of drug-likeness (QED) is 0.627. The molecule has 29 heavy (non-hydrogen) atoms. The lowest BCUT2D eigenvalue weighted by atomic mass is 9.90. The number of ether oxygens (including phenoxy) is 1. The molecule has 150 valence electrons. The van der Waals surface area contributed by atoms with E-state index in [-0.39, 0.29) is 5.91 Å². The number of halogens is 1. The summed E-state index contributed by atoms with van der Waals surface area (Å²) in [6.45, 7) is 0.936. The SMILES string of the molecule is CNC(=O)C1(Oc2ccccc2-c2nc3cccc(Cl)c3s2)CCN(C=O)CC1. The van der Waals surface area contributed by atoms with Gasteiger partial charge in [-0.05, 0) is 24.3 Å². The van der Waals surface area contributed by atoms with Gasteiger partial charge in [0.25, 0.3) is 5.91 Å². The predicted octanol–water partition coefficient (Wildman–Crippen LogP) is 3.73. The smallest absolute Gasteiger partial charge is 0.264 e. The molecule has 1 saturated heterocycles. The van der Waals surface area contributed by atoms with Crippen molar-refractivity contribution >= 4 is 45.5 Å². The van der Waals surface area contributed by atoms with E-state index in [2.05, 4.69) is 5.32 Å². The molecule has 0 bridgehead atoms. The summed E-state index contributed by atoms with van der Waals surface area (Å²) < 4.78 is 7.30. The number of piperidine rings is 1. The average molecular weight is 430 g/mol. The number of likely N-dealkylation sites (tertiary alicyclic amines) is 1. The molecule has 1 aliphatic rings. The van der Waals surface area contributed by atoms with E-state index < -0.39 is 5.60 Å². The number of aromatic nitrogens is 1. The second kappa shape index (κ2) is 8.00. The fourth-order valence-electron chi connectivity index (χ4n) is 3.57. The van der Waals surface area contributed by atoms with Crippen LogP contribution in [0.4, 0.5) is 0 Å². The number of hydrogen-bond donors (Lipinski definition) is 1. The molecule has 3 aromatic rings. The van der Waals surface area contributed by atoms with Crippen molar-refractivity contribution in [1.29, 1.82) is 0 Å². The summed E-state index contributed by atoms with van der Waals surface area (Å²) in [4.78, 5) is 30.2. The zero-order valence-electron chi connectivity index (χ0n) is 15.9. The van der Waals surface area contributed by atoms with E-state index in [1.807, 2.05) is 42.5 Å². The van der Waals surface area contributed by atoms with Crippen LogP contribution in [-0.4, -0.2) is 47.9 Å². The van der Waals surface area contributed by atoms with E-state index in [0.717, 1.165) is 27.2 Å². The average Bonchev–Trinajstić information content (AvgIpc) is 3.19. The van der Waals surface area contributed by atoms with E-state index in [1.165, 1.54) is 11.3 Å². The molecule has 6 nitrogen and oxygen atoms in total. The van der Waals surface area contributed by atoms with Crippen LogP contribution in [0.25, 0.3) is 20.8 Å². The minimum Gasteiger partial charge on any atom is -0.477 e. The zero-order valence-corrected chi connectivity index (χ0v) is 17.4. The fourth-order valence-corrected chi connectivity index (χ4v) is 4.85. The molecule has 2 amide bonds. The number of nitrogens with zero attached hydrogens (tertiary/aromatic N) is 2. The maximum atomic E-state index is 12.7. The normalized spacial score (nSPS) is 15.9. The van der Waals surface area contributed by atoms with Gasteiger partial charge in [0.15, 0.2) is 5.60 Å². The molecule has 4 rings (SSSR count). The van der Waals surface area contributed by atoms with Crippen LogP contribution in [0.1, 0.15) is 12.8 Å². The van der Waals surface area contributed by atoms with Crippen molar-refractivity contribution in [3.8, 4) is 16.3 Å². The van der Waals surface area contributed by atoms with Gasteiger partial charge in [-0.1, -0.05) is 29.8 Å². The van der Waals surface area contributed by atoms with Crippen LogP contribution in [0, 0.1) is 0 Å². The summed E-state index contributed by atoms with van der Waals surface area (Å²) in [5.41, 5.74) is 0.608. The Bertz CT molecular complexity index is 1060. The van der Waals surface area contributed by atoms with Crippen molar-refractivity contribution in [2.75, 3.05) is 20.1 Å². The van der Waals surface area contributed by atoms with Crippen LogP contribution < -0.4 is 10.1 Å². The molecule has 0 aliphatic carbocycles. The van der Waals surface area contributed by atoms with Crippen molar-refractivity contribution in [2.24, 2.45) is 0 Å². The van der Waals surface area contributed by atoms with Crippen molar-refractivity contribution in [2.45, 2.75) is 18.4 Å². The highest BCUT2D eigenvalue weighted by Gasteiger charge is 2.43. The molecule has 0 atom stereocenters. The third kappa shape index (κ3) is 3.68. The Labute approximate surface area is 177 Å². The minimum absolute atomic E-state index is 0.190. The topological polar surface area (TPSA) is 71.5 Å². The first-order chi connectivity index (χ1) is 14.1. The van der Waals surface area contributed by atoms with Crippen LogP contribution in [0.2, 0.25) is 5.02 Å². The number of amides is 2. The molecule has 0 radical (unpaired) electrons. The third-order valence-corrected chi connectivity index (χ3v) is 6.75. The standard InChI is InChI=1S/C21H20ClN3O3S/c1-23-20(27)21(9-11-25(13-26)12-10-21)28-17-8-3-2-5-14(17)19-24-16-7-4-6-15(22)18(16)29-19/h2-8,13H,9-12H2,1H3,(H,23,27). The molecule has 1 fully saturated rings. The van der Waals surface area contributed by atoms with E-state index in [1.54, 1.807) is 11.9 Å². The summed E-state index contributed by atoms with van der Waals surface area (Å²) in [5, 5.41) is 4.15. The first-order valence-electron chi connectivity index (χ1n) is 9.31. The van der Waals surface area contributed by atoms with E-state index in [4.69, 9.17) is 21.3 Å². The lowest BCUT2D eigenvalue weighted by Gasteiger charge is -2.39. The summed E-state index contributed by atoms with van der Waals surface area (Å²) in [5.74, 6) is 0.399. The number of carbonyl (C=O) groups is 2. The Kier molecular flexibility index (Phi) is 5.43. The minimum atomic E-state index is -1.03. The second-order valence-corrected chi connectivity index (χ2v) is 8.33. The van der Waals surface area contributed by atoms with E-state index >= 15 is 0 Å². The molecular formula is C21H20ClN3O3S. The number of nitrogens with one attached hydrogen (secondary N) is 1. The molecule has 2 aromatic carbocycles. The Morgan fingerprint density at radius 2 is 2.00 bits per heavy atom. The molecule has 0 unspecified atom stereocenters. The number of likely N-dealkylation sites (N-methyl/N-ethyl adjacent to an activating group) is 1. The summed E-state index contributed by atoms with van der Waals surface area (Å²) in [6, 6.07) is 13.2. The number of carbonyl (C=O) groups excluding carboxylic acids is 2. The van der Waals surface area contributed by atoms with Gasteiger partial charge in [-0.3, -0.25) is 9.59 Å². The molecule has 8 heteroatoms. The van der Waals surface area contributed by atoms with Gasteiger partial charge in [-0.2, -0.15) is 0 Å². The van der Waals surface area contributed by atoms with Gasteiger partial charge >= 0.3 is 0 Å². The van der Waals surface area contributed by atoms with Gasteiger partial charge in [0.2, 0.25) is 6.41 Å². The summed E-state index contributed by atoms with van der Waals surface area (Å²) in [6.07, 6.45) is 1.66. The number of para-hydroxylation sites is 1. The van der Waals surface area contributed by atoms with Crippen molar-refractivity contribution in [3.05, 3.63) is 47.5 Å². The largest absolute Gasteiger partial charge is 0.477 e. The summed E-state index contributed by atoms with van der Waals surface area (Å²) in [7, 11) is 1.60. The van der Waals surface area contributed by atoms with Gasteiger partial charge in [-0.15, -0.1) is 11.3 Å². The van der Waals surface area contributed by atoms with E-state index in [9.17, 15) is 9.59 Å². The van der Waals surface area contributed by atoms with Crippen LogP contribution in [-0.2, 0) is 9.59 Å². The summed E-state index contributed by atoms with van der Waals surface area (Å²) >= 11 is 7.81. The predicted molar refractivity (Wildman–Crippen MR) is 114 cm³/mol. The first-order valence-corrected chi connectivity index (χ1v) is 10.5. The Morgan fingerprint density at radius 3 is 2.69 bits per heavy atom. The first kappa shape index (κ1) is 19.7. The van der Waals surface area contributed by atoms with Gasteiger partial charge < -0.3 is 15.0 Å². The van der Waals surface area contributed by atoms with Gasteiger partial charge in [0, 0.05) is 33.0 Å². The molecule has 1 aromatic heterocycles. The number of thiazole rings is 1. The van der Waals surface area contributed by atoms with Gasteiger partial charge in [-0.25, -0.2) is 4.98 Å². The van der Waals surface area contributed by atoms with Crippen molar-refractivity contribution in [3.63, 3.8) is 0 Å². The monoisotopic (exact) mass is 429 g/mol. The Balaban J connectivity index is 1.72. The number of hydrogen-bond acceptors (Lipinski definition) is 5. The highest BCUT2D eigenvalue weighted by Crippen LogP contribution is 2.40. The van der Waals surface area contributed by atoms with E-state index in [0.29, 0.717) is 36.7 Å². The lowest BCUT2D eigenvalue weighted by Crippen LogP contribution is -2.56. The van der Waals surface area contributed by atoms with Crippen LogP contribution in [0.3, 0.4) is 0 Å². The zero-order chi connectivity index (χ0) is 20.4. The highest BCUT2D eigenvalue weighted by atomic mass is 35.5. The van der Waals surface area contributed by atoms with Crippen LogP contribution in [0.5, 0.6) is 5.75 Å². The molecule has 1 N–H and O–H groups in total. The second-order valence-electron chi connectivity index (χ2n) is 6.92. The highest BCUT2D eigenvalue weighted by molar-refractivity contribution is 7.22. The Hall–Kier alpha value is -2.64. The van der Waals surface area contributed by atoms with Gasteiger partial charge in [0.1, 0.15) is 10.8 Å². The molecular weight excluding hydrogens is 410 g/mol. The Morgan fingerprint density at radius 1 is 1.24 bits per heavy atom. The number of fused-ring (bicyclic) bond motifs is 1. The van der Waals surface area contributed by atoms with Crippen molar-refractivity contribution in [1.82, 2.24) is 15.2 Å². The number of rotatable bonds is 5. The van der Waals surface area contributed by atoms with Crippen LogP contribution in [0.15, 0.2) is 42.5 Å². The molecule has 2 heterocycles. The van der Waals surface area contributed by atoms with Crippen LogP contribution >= 0.6 is 22.9 Å². The van der Waals surface area contributed by atoms with Gasteiger partial charge in [0.05, 0.1) is 20.8 Å². The maximum absolute atomic E-state index is 12.7. The molecule has 0 saturated carbocycles. The molecule has 0 spiro atoms. The lowest BCUT2D eigenvalue weighted by molar-refractivity contribution is -0.142. The third-order valence-electron chi connectivity index (χ3n) is 5.19. The van der Waals surface area contributed by atoms with Crippen molar-refractivity contribution < 1.29 is 14.3 Å². The fraction of sp³-hybridized carbons (Fsp3) is 0.286.